The van der Waals surface area contributed by atoms with E-state index in [0.29, 0.717) is 26.2 Å². The molecule has 7 heteroatoms. The fourth-order valence-corrected chi connectivity index (χ4v) is 3.65. The molecule has 0 radical (unpaired) electrons. The van der Waals surface area contributed by atoms with Gasteiger partial charge >= 0.3 is 0 Å². The van der Waals surface area contributed by atoms with E-state index < -0.39 is 10.0 Å². The number of hydrogen-bond donors (Lipinski definition) is 1. The Morgan fingerprint density at radius 3 is 2.89 bits per heavy atom. The van der Waals surface area contributed by atoms with Crippen molar-refractivity contribution in [1.29, 1.82) is 0 Å². The molecule has 2 rings (SSSR count). The molecular formula is C12H19N3O3S. The molecule has 19 heavy (non-hydrogen) atoms. The third-order valence-corrected chi connectivity index (χ3v) is 5.07. The maximum absolute atomic E-state index is 12.4. The van der Waals surface area contributed by atoms with Gasteiger partial charge in [-0.25, -0.2) is 13.4 Å². The minimum atomic E-state index is -3.49. The zero-order valence-corrected chi connectivity index (χ0v) is 11.8. The summed E-state index contributed by atoms with van der Waals surface area (Å²) in [6.07, 6.45) is 2.34. The van der Waals surface area contributed by atoms with Crippen molar-refractivity contribution in [1.82, 2.24) is 9.29 Å². The molecule has 1 aliphatic heterocycles. The molecule has 1 unspecified atom stereocenters. The molecule has 106 valence electrons. The van der Waals surface area contributed by atoms with Crippen molar-refractivity contribution < 1.29 is 13.2 Å². The number of sulfonamides is 1. The van der Waals surface area contributed by atoms with E-state index >= 15 is 0 Å². The van der Waals surface area contributed by atoms with Crippen LogP contribution in [-0.2, 0) is 21.3 Å². The summed E-state index contributed by atoms with van der Waals surface area (Å²) in [7, 11) is -1.86. The fraction of sp³-hybridized carbons (Fsp3) is 0.583. The van der Waals surface area contributed by atoms with Crippen LogP contribution in [0.15, 0.2) is 23.4 Å². The fourth-order valence-electron chi connectivity index (χ4n) is 2.20. The van der Waals surface area contributed by atoms with E-state index in [0.717, 1.165) is 12.0 Å². The average molecular weight is 285 g/mol. The Balaban J connectivity index is 2.13. The second-order valence-corrected chi connectivity index (χ2v) is 6.57. The zero-order chi connectivity index (χ0) is 13.9. The predicted molar refractivity (Wildman–Crippen MR) is 70.9 cm³/mol. The van der Waals surface area contributed by atoms with Crippen LogP contribution >= 0.6 is 0 Å². The summed E-state index contributed by atoms with van der Waals surface area (Å²) >= 11 is 0. The molecule has 2 N–H and O–H groups in total. The Labute approximate surface area is 113 Å². The van der Waals surface area contributed by atoms with Crippen molar-refractivity contribution in [3.8, 4) is 0 Å². The van der Waals surface area contributed by atoms with Gasteiger partial charge in [0, 0.05) is 32.9 Å². The highest BCUT2D eigenvalue weighted by atomic mass is 32.2. The number of nitrogens with two attached hydrogens (primary N) is 1. The lowest BCUT2D eigenvalue weighted by Crippen LogP contribution is -2.30. The van der Waals surface area contributed by atoms with Gasteiger partial charge in [-0.05, 0) is 24.0 Å². The van der Waals surface area contributed by atoms with Gasteiger partial charge in [-0.15, -0.1) is 0 Å². The normalized spacial score (nSPS) is 20.8. The lowest BCUT2D eigenvalue weighted by Gasteiger charge is -2.16. The van der Waals surface area contributed by atoms with Gasteiger partial charge in [0.05, 0.1) is 6.61 Å². The molecule has 1 atom stereocenters. The maximum atomic E-state index is 12.4. The Bertz CT molecular complexity index is 516. The molecule has 0 aliphatic carbocycles. The molecule has 0 aromatic carbocycles. The van der Waals surface area contributed by atoms with Crippen LogP contribution in [0.5, 0.6) is 0 Å². The highest BCUT2D eigenvalue weighted by Crippen LogP contribution is 2.23. The van der Waals surface area contributed by atoms with Crippen LogP contribution in [0, 0.1) is 5.92 Å². The molecule has 1 aliphatic rings. The van der Waals surface area contributed by atoms with Crippen LogP contribution in [0.4, 0.5) is 0 Å². The number of pyridine rings is 1. The van der Waals surface area contributed by atoms with Crippen LogP contribution in [0.3, 0.4) is 0 Å². The van der Waals surface area contributed by atoms with Crippen LogP contribution in [0.2, 0.25) is 0 Å². The number of rotatable bonds is 5. The van der Waals surface area contributed by atoms with Gasteiger partial charge in [-0.3, -0.25) is 0 Å². The summed E-state index contributed by atoms with van der Waals surface area (Å²) in [6.45, 7) is 1.96. The van der Waals surface area contributed by atoms with E-state index in [1.165, 1.54) is 16.6 Å². The molecule has 6 nitrogen and oxygen atoms in total. The maximum Gasteiger partial charge on any atom is 0.260 e. The van der Waals surface area contributed by atoms with Gasteiger partial charge < -0.3 is 10.5 Å². The molecule has 0 amide bonds. The molecule has 1 aromatic rings. The third-order valence-electron chi connectivity index (χ3n) is 3.29. The quantitative estimate of drug-likeness (QED) is 0.835. The van der Waals surface area contributed by atoms with Crippen LogP contribution in [0.25, 0.3) is 0 Å². The van der Waals surface area contributed by atoms with E-state index in [1.807, 2.05) is 0 Å². The van der Waals surface area contributed by atoms with E-state index in [1.54, 1.807) is 13.2 Å². The van der Waals surface area contributed by atoms with Crippen molar-refractivity contribution in [2.24, 2.45) is 11.7 Å². The highest BCUT2D eigenvalue weighted by Gasteiger charge is 2.33. The molecule has 2 heterocycles. The third kappa shape index (κ3) is 3.11. The Morgan fingerprint density at radius 1 is 1.53 bits per heavy atom. The van der Waals surface area contributed by atoms with Crippen molar-refractivity contribution in [3.63, 3.8) is 0 Å². The molecule has 0 saturated carbocycles. The highest BCUT2D eigenvalue weighted by molar-refractivity contribution is 7.89. The smallest absolute Gasteiger partial charge is 0.260 e. The lowest BCUT2D eigenvalue weighted by atomic mass is 10.1. The summed E-state index contributed by atoms with van der Waals surface area (Å²) in [5.41, 5.74) is 6.29. The SMILES string of the molecule is COCC1CCN(S(=O)(=O)c2ccc(CN)cn2)C1. The number of ether oxygens (including phenoxy) is 1. The first kappa shape index (κ1) is 14.4. The molecular weight excluding hydrogens is 266 g/mol. The minimum absolute atomic E-state index is 0.0859. The van der Waals surface area contributed by atoms with E-state index in [9.17, 15) is 8.42 Å². The van der Waals surface area contributed by atoms with Gasteiger partial charge in [0.1, 0.15) is 0 Å². The van der Waals surface area contributed by atoms with Crippen LogP contribution in [0.1, 0.15) is 12.0 Å². The number of nitrogens with zero attached hydrogens (tertiary/aromatic N) is 2. The lowest BCUT2D eigenvalue weighted by molar-refractivity contribution is 0.157. The van der Waals surface area contributed by atoms with Crippen molar-refractivity contribution in [2.45, 2.75) is 18.0 Å². The van der Waals surface area contributed by atoms with Gasteiger partial charge in [0.25, 0.3) is 10.0 Å². The minimum Gasteiger partial charge on any atom is -0.384 e. The number of aromatic nitrogens is 1. The predicted octanol–water partition coefficient (Wildman–Crippen LogP) is 0.197. The largest absolute Gasteiger partial charge is 0.384 e. The van der Waals surface area contributed by atoms with E-state index in [-0.39, 0.29) is 10.9 Å². The first-order valence-electron chi connectivity index (χ1n) is 6.22. The molecule has 1 aromatic heterocycles. The summed E-state index contributed by atoms with van der Waals surface area (Å²) in [5, 5.41) is 0.0859. The standard InChI is InChI=1S/C12H19N3O3S/c1-18-9-11-4-5-15(8-11)19(16,17)12-3-2-10(6-13)7-14-12/h2-3,7,11H,4-6,8-9,13H2,1H3. The molecule has 0 spiro atoms. The van der Waals surface area contributed by atoms with Gasteiger partial charge in [0.15, 0.2) is 5.03 Å². The van der Waals surface area contributed by atoms with E-state index in [4.69, 9.17) is 10.5 Å². The second kappa shape index (κ2) is 5.96. The van der Waals surface area contributed by atoms with Gasteiger partial charge in [0.2, 0.25) is 0 Å². The van der Waals surface area contributed by atoms with Crippen LogP contribution < -0.4 is 5.73 Å². The molecule has 0 bridgehead atoms. The topological polar surface area (TPSA) is 85.5 Å². The first-order valence-corrected chi connectivity index (χ1v) is 7.66. The number of methoxy groups -OCH3 is 1. The summed E-state index contributed by atoms with van der Waals surface area (Å²) < 4.78 is 31.3. The van der Waals surface area contributed by atoms with Crippen LogP contribution in [-0.4, -0.2) is 44.5 Å². The zero-order valence-electron chi connectivity index (χ0n) is 10.9. The number of hydrogen-bond acceptors (Lipinski definition) is 5. The Hall–Kier alpha value is -1.02. The summed E-state index contributed by atoms with van der Waals surface area (Å²) in [5.74, 6) is 0.267. The van der Waals surface area contributed by atoms with Crippen molar-refractivity contribution in [3.05, 3.63) is 23.9 Å². The monoisotopic (exact) mass is 285 g/mol. The second-order valence-electron chi connectivity index (χ2n) is 4.68. The first-order chi connectivity index (χ1) is 9.07. The molecule has 1 fully saturated rings. The Kier molecular flexibility index (Phi) is 4.51. The van der Waals surface area contributed by atoms with E-state index in [2.05, 4.69) is 4.98 Å². The summed E-state index contributed by atoms with van der Waals surface area (Å²) in [4.78, 5) is 4.00. The van der Waals surface area contributed by atoms with Crippen molar-refractivity contribution >= 4 is 10.0 Å². The van der Waals surface area contributed by atoms with Gasteiger partial charge in [-0.1, -0.05) is 6.07 Å². The summed E-state index contributed by atoms with van der Waals surface area (Å²) in [6, 6.07) is 3.21. The average Bonchev–Trinajstić information content (AvgIpc) is 2.89. The van der Waals surface area contributed by atoms with Crippen molar-refractivity contribution in [2.75, 3.05) is 26.8 Å². The Morgan fingerprint density at radius 2 is 2.32 bits per heavy atom. The van der Waals surface area contributed by atoms with Gasteiger partial charge in [-0.2, -0.15) is 4.31 Å². The molecule has 1 saturated heterocycles.